The minimum atomic E-state index is -0.389. The minimum absolute atomic E-state index is 0.359. The van der Waals surface area contributed by atoms with E-state index in [1.807, 2.05) is 30.3 Å². The predicted molar refractivity (Wildman–Crippen MR) is 114 cm³/mol. The number of carbonyl (C=O) groups is 1. The number of esters is 1. The summed E-state index contributed by atoms with van der Waals surface area (Å²) in [5.74, 6) is 1.20. The number of aromatic nitrogens is 2. The van der Waals surface area contributed by atoms with Crippen molar-refractivity contribution in [3.8, 4) is 22.6 Å². The first-order chi connectivity index (χ1) is 14.7. The van der Waals surface area contributed by atoms with Gasteiger partial charge in [-0.05, 0) is 48.0 Å². The Bertz CT molecular complexity index is 1130. The number of nitrogen functional groups attached to an aromatic ring is 1. The lowest BCUT2D eigenvalue weighted by molar-refractivity contribution is 0.0734. The minimum Gasteiger partial charge on any atom is -0.487 e. The zero-order valence-corrected chi connectivity index (χ0v) is 16.1. The molecular formula is C24H19N3O3. The molecule has 0 bridgehead atoms. The molecule has 0 spiro atoms. The van der Waals surface area contributed by atoms with Gasteiger partial charge in [0, 0.05) is 23.5 Å². The van der Waals surface area contributed by atoms with Crippen molar-refractivity contribution in [3.63, 3.8) is 0 Å². The summed E-state index contributed by atoms with van der Waals surface area (Å²) in [5, 5.41) is 0. The number of hydrogen-bond acceptors (Lipinski definition) is 6. The van der Waals surface area contributed by atoms with E-state index in [0.29, 0.717) is 29.5 Å². The summed E-state index contributed by atoms with van der Waals surface area (Å²) in [6, 6.07) is 21.6. The van der Waals surface area contributed by atoms with Gasteiger partial charge in [-0.25, -0.2) is 9.78 Å². The summed E-state index contributed by atoms with van der Waals surface area (Å²) in [6.07, 6.45) is 5.10. The van der Waals surface area contributed by atoms with Crippen molar-refractivity contribution in [1.29, 1.82) is 0 Å². The van der Waals surface area contributed by atoms with Crippen LogP contribution >= 0.6 is 0 Å². The number of pyridine rings is 2. The van der Waals surface area contributed by atoms with E-state index in [4.69, 9.17) is 15.2 Å². The molecule has 0 aliphatic rings. The van der Waals surface area contributed by atoms with E-state index >= 15 is 0 Å². The number of rotatable bonds is 6. The Morgan fingerprint density at radius 2 is 1.63 bits per heavy atom. The molecule has 0 amide bonds. The van der Waals surface area contributed by atoms with Gasteiger partial charge in [0.1, 0.15) is 23.9 Å². The van der Waals surface area contributed by atoms with Crippen molar-refractivity contribution < 1.29 is 14.3 Å². The van der Waals surface area contributed by atoms with Gasteiger partial charge in [0.2, 0.25) is 0 Å². The lowest BCUT2D eigenvalue weighted by Crippen LogP contribution is -2.08. The number of hydrogen-bond donors (Lipinski definition) is 1. The molecule has 148 valence electrons. The summed E-state index contributed by atoms with van der Waals surface area (Å²) in [5.41, 5.74) is 8.88. The summed E-state index contributed by atoms with van der Waals surface area (Å²) in [6.45, 7) is 0.359. The molecule has 0 aliphatic carbocycles. The number of nitrogens with zero attached hydrogens (tertiary/aromatic N) is 2. The second kappa shape index (κ2) is 8.87. The van der Waals surface area contributed by atoms with Crippen molar-refractivity contribution >= 4 is 11.8 Å². The highest BCUT2D eigenvalue weighted by atomic mass is 16.5. The number of nitrogens with two attached hydrogens (primary N) is 1. The Balaban J connectivity index is 1.37. The molecule has 2 aromatic carbocycles. The van der Waals surface area contributed by atoms with Gasteiger partial charge in [-0.2, -0.15) is 0 Å². The quantitative estimate of drug-likeness (QED) is 0.380. The molecule has 6 nitrogen and oxygen atoms in total. The van der Waals surface area contributed by atoms with Crippen LogP contribution in [0.4, 0.5) is 5.82 Å². The standard InChI is InChI=1S/C24H19N3O3/c25-23-11-8-19(14-27-23)20-12-22(15-26-13-20)29-16-17-6-9-21(10-7-17)30-24(28)18-4-2-1-3-5-18/h1-15H,16H2,(H2,25,27). The molecule has 0 atom stereocenters. The molecule has 30 heavy (non-hydrogen) atoms. The highest BCUT2D eigenvalue weighted by molar-refractivity contribution is 5.90. The molecule has 0 fully saturated rings. The van der Waals surface area contributed by atoms with E-state index in [0.717, 1.165) is 16.7 Å². The zero-order chi connectivity index (χ0) is 20.8. The van der Waals surface area contributed by atoms with Gasteiger partial charge in [0.05, 0.1) is 11.8 Å². The molecule has 0 aliphatic heterocycles. The van der Waals surface area contributed by atoms with Gasteiger partial charge < -0.3 is 15.2 Å². The van der Waals surface area contributed by atoms with Gasteiger partial charge in [-0.15, -0.1) is 0 Å². The third kappa shape index (κ3) is 4.80. The van der Waals surface area contributed by atoms with E-state index in [2.05, 4.69) is 9.97 Å². The van der Waals surface area contributed by atoms with Gasteiger partial charge in [-0.3, -0.25) is 4.98 Å². The molecule has 4 aromatic rings. The van der Waals surface area contributed by atoms with Crippen LogP contribution in [0.15, 0.2) is 91.4 Å². The fraction of sp³-hybridized carbons (Fsp3) is 0.0417. The van der Waals surface area contributed by atoms with Crippen LogP contribution in [0, 0.1) is 0 Å². The highest BCUT2D eigenvalue weighted by Crippen LogP contribution is 2.23. The van der Waals surface area contributed by atoms with E-state index in [1.165, 1.54) is 0 Å². The van der Waals surface area contributed by atoms with E-state index in [1.54, 1.807) is 61.1 Å². The highest BCUT2D eigenvalue weighted by Gasteiger charge is 2.08. The first kappa shape index (κ1) is 19.1. The Kier molecular flexibility index (Phi) is 5.66. The van der Waals surface area contributed by atoms with Gasteiger partial charge >= 0.3 is 5.97 Å². The summed E-state index contributed by atoms with van der Waals surface area (Å²) < 4.78 is 11.2. The summed E-state index contributed by atoms with van der Waals surface area (Å²) in [7, 11) is 0. The molecule has 4 rings (SSSR count). The predicted octanol–water partition coefficient (Wildman–Crippen LogP) is 4.52. The largest absolute Gasteiger partial charge is 0.487 e. The Hall–Kier alpha value is -4.19. The van der Waals surface area contributed by atoms with Crippen LogP contribution in [0.25, 0.3) is 11.1 Å². The molecule has 2 heterocycles. The maximum atomic E-state index is 12.1. The van der Waals surface area contributed by atoms with Crippen molar-refractivity contribution in [2.45, 2.75) is 6.61 Å². The van der Waals surface area contributed by atoms with Crippen molar-refractivity contribution in [1.82, 2.24) is 9.97 Å². The van der Waals surface area contributed by atoms with Crippen molar-refractivity contribution in [3.05, 3.63) is 103 Å². The molecule has 6 heteroatoms. The van der Waals surface area contributed by atoms with Gasteiger partial charge in [-0.1, -0.05) is 30.3 Å². The molecule has 2 N–H and O–H groups in total. The Morgan fingerprint density at radius 1 is 0.833 bits per heavy atom. The summed E-state index contributed by atoms with van der Waals surface area (Å²) in [4.78, 5) is 20.4. The molecule has 0 saturated heterocycles. The SMILES string of the molecule is Nc1ccc(-c2cncc(OCc3ccc(OC(=O)c4ccccc4)cc3)c2)cn1. The van der Waals surface area contributed by atoms with Crippen molar-refractivity contribution in [2.75, 3.05) is 5.73 Å². The maximum absolute atomic E-state index is 12.1. The first-order valence-electron chi connectivity index (χ1n) is 9.33. The first-order valence-corrected chi connectivity index (χ1v) is 9.33. The average molecular weight is 397 g/mol. The fourth-order valence-electron chi connectivity index (χ4n) is 2.79. The van der Waals surface area contributed by atoms with Crippen LogP contribution in [0.2, 0.25) is 0 Å². The lowest BCUT2D eigenvalue weighted by Gasteiger charge is -2.09. The van der Waals surface area contributed by atoms with Crippen molar-refractivity contribution in [2.24, 2.45) is 0 Å². The number of carbonyl (C=O) groups excluding carboxylic acids is 1. The maximum Gasteiger partial charge on any atom is 0.343 e. The third-order valence-corrected chi connectivity index (χ3v) is 4.38. The van der Waals surface area contributed by atoms with Crippen LogP contribution in [-0.4, -0.2) is 15.9 Å². The molecule has 2 aromatic heterocycles. The van der Waals surface area contributed by atoms with Gasteiger partial charge in [0.25, 0.3) is 0 Å². The molecule has 0 unspecified atom stereocenters. The molecular weight excluding hydrogens is 378 g/mol. The third-order valence-electron chi connectivity index (χ3n) is 4.38. The van der Waals surface area contributed by atoms with Crippen LogP contribution in [0.3, 0.4) is 0 Å². The number of ether oxygens (including phenoxy) is 2. The second-order valence-electron chi connectivity index (χ2n) is 6.57. The molecule has 0 saturated carbocycles. The van der Waals surface area contributed by atoms with E-state index in [-0.39, 0.29) is 5.97 Å². The zero-order valence-electron chi connectivity index (χ0n) is 16.1. The van der Waals surface area contributed by atoms with E-state index < -0.39 is 0 Å². The second-order valence-corrected chi connectivity index (χ2v) is 6.57. The number of benzene rings is 2. The Morgan fingerprint density at radius 3 is 2.37 bits per heavy atom. The van der Waals surface area contributed by atoms with E-state index in [9.17, 15) is 4.79 Å². The number of anilines is 1. The van der Waals surface area contributed by atoms with Crippen LogP contribution in [0.5, 0.6) is 11.5 Å². The Labute approximate surface area is 174 Å². The average Bonchev–Trinajstić information content (AvgIpc) is 2.80. The van der Waals surface area contributed by atoms with Crippen LogP contribution < -0.4 is 15.2 Å². The van der Waals surface area contributed by atoms with Crippen LogP contribution in [0.1, 0.15) is 15.9 Å². The fourth-order valence-corrected chi connectivity index (χ4v) is 2.79. The monoisotopic (exact) mass is 397 g/mol. The summed E-state index contributed by atoms with van der Waals surface area (Å²) >= 11 is 0. The van der Waals surface area contributed by atoms with Gasteiger partial charge in [0.15, 0.2) is 0 Å². The molecule has 0 radical (unpaired) electrons. The lowest BCUT2D eigenvalue weighted by atomic mass is 10.1. The van der Waals surface area contributed by atoms with Crippen LogP contribution in [-0.2, 0) is 6.61 Å². The topological polar surface area (TPSA) is 87.3 Å². The smallest absolute Gasteiger partial charge is 0.343 e. The normalized spacial score (nSPS) is 10.4.